The minimum absolute atomic E-state index is 0.370. The highest BCUT2D eigenvalue weighted by Crippen LogP contribution is 2.70. The molecule has 1 rings (SSSR count). The van der Waals surface area contributed by atoms with Gasteiger partial charge in [-0.25, -0.2) is 4.39 Å². The molecule has 0 N–H and O–H groups in total. The van der Waals surface area contributed by atoms with Crippen LogP contribution in [0.3, 0.4) is 0 Å². The highest BCUT2D eigenvalue weighted by atomic mass is 79.9. The van der Waals surface area contributed by atoms with Gasteiger partial charge in [0.05, 0.1) is 7.11 Å². The largest absolute Gasteiger partial charge is 0.468 e. The summed E-state index contributed by atoms with van der Waals surface area (Å²) >= 11 is 2.13. The van der Waals surface area contributed by atoms with E-state index >= 15 is 0 Å². The smallest absolute Gasteiger partial charge is 0.384 e. The van der Waals surface area contributed by atoms with E-state index in [1.165, 1.54) is 0 Å². The Balaban J connectivity index is 3.75. The summed E-state index contributed by atoms with van der Waals surface area (Å²) in [7, 11) is 0.557. The van der Waals surface area contributed by atoms with Crippen LogP contribution in [0.25, 0.3) is 0 Å². The Morgan fingerprint density at radius 3 is 1.36 bits per heavy atom. The summed E-state index contributed by atoms with van der Waals surface area (Å²) in [6.45, 7) is 0.370. The zero-order chi connectivity index (χ0) is 20.5. The molecule has 1 unspecified atom stereocenters. The third-order valence-corrected chi connectivity index (χ3v) is 4.36. The lowest BCUT2D eigenvalue weighted by Gasteiger charge is -2.53. The second kappa shape index (κ2) is 5.35. The van der Waals surface area contributed by atoms with Gasteiger partial charge in [0, 0.05) is 6.42 Å². The fourth-order valence-electron chi connectivity index (χ4n) is 2.25. The number of esters is 1. The molecule has 25 heavy (non-hydrogen) atoms. The van der Waals surface area contributed by atoms with Crippen molar-refractivity contribution in [2.75, 3.05) is 7.11 Å². The Morgan fingerprint density at radius 2 is 1.08 bits per heavy atom. The van der Waals surface area contributed by atoms with E-state index in [4.69, 9.17) is 0 Å². The van der Waals surface area contributed by atoms with Crippen molar-refractivity contribution in [2.45, 2.75) is 53.0 Å². The number of carbonyl (C=O) groups excluding carboxylic acids is 1. The number of hydrogen-bond acceptors (Lipinski definition) is 2. The van der Waals surface area contributed by atoms with E-state index in [1.807, 2.05) is 0 Å². The van der Waals surface area contributed by atoms with E-state index < -0.39 is 52.0 Å². The highest BCUT2D eigenvalue weighted by Gasteiger charge is 3.01. The number of methoxy groups -OCH3 is 1. The Labute approximate surface area is 140 Å². The second-order valence-corrected chi connectivity index (χ2v) is 7.29. The van der Waals surface area contributed by atoms with Crippen molar-refractivity contribution in [1.29, 1.82) is 0 Å². The van der Waals surface area contributed by atoms with Crippen molar-refractivity contribution in [2.24, 2.45) is 0 Å². The molecule has 0 aromatic carbocycles. The maximum atomic E-state index is 14.4. The van der Waals surface area contributed by atoms with Crippen LogP contribution in [0.15, 0.2) is 0 Å². The van der Waals surface area contributed by atoms with E-state index in [9.17, 15) is 53.1 Å². The van der Waals surface area contributed by atoms with Crippen molar-refractivity contribution in [3.8, 4) is 0 Å². The minimum atomic E-state index is -7.28. The molecule has 2 nitrogen and oxygen atoms in total. The highest BCUT2D eigenvalue weighted by molar-refractivity contribution is 9.10. The summed E-state index contributed by atoms with van der Waals surface area (Å²) in [5, 5.41) is 0. The molecule has 0 aromatic rings. The first-order valence-corrected chi connectivity index (χ1v) is 6.83. The summed E-state index contributed by atoms with van der Waals surface area (Å²) in [6, 6.07) is 0. The molecule has 0 heterocycles. The van der Waals surface area contributed by atoms with E-state index in [0.717, 1.165) is 0 Å². The van der Waals surface area contributed by atoms with Crippen LogP contribution in [-0.4, -0.2) is 52.7 Å². The maximum Gasteiger partial charge on any atom is 0.384 e. The molecule has 14 heteroatoms. The number of ether oxygens (including phenoxy) is 1. The van der Waals surface area contributed by atoms with Crippen LogP contribution >= 0.6 is 15.9 Å². The first kappa shape index (κ1) is 22.2. The van der Waals surface area contributed by atoms with Crippen LogP contribution < -0.4 is 0 Å². The molecule has 0 spiro atoms. The lowest BCUT2D eigenvalue weighted by atomic mass is 9.69. The molecule has 1 fully saturated rings. The fourth-order valence-corrected chi connectivity index (χ4v) is 2.80. The van der Waals surface area contributed by atoms with E-state index in [-0.39, 0.29) is 0 Å². The molecule has 0 saturated heterocycles. The molecule has 0 aliphatic heterocycles. The fraction of sp³-hybridized carbons (Fsp3) is 0.909. The third kappa shape index (κ3) is 2.30. The van der Waals surface area contributed by atoms with Gasteiger partial charge in [0.25, 0.3) is 5.67 Å². The number of hydrogen-bond donors (Lipinski definition) is 0. The standard InChI is InChI=1S/C11H8BrF11O2/c1-5(12,4(24)25-2)3-6(13)7(14,15)9(18,19)11(22,23)10(20,21)8(6,16)17/h3H2,1-2H3. The van der Waals surface area contributed by atoms with Crippen LogP contribution in [0, 0.1) is 0 Å². The normalized spacial score (nSPS) is 30.2. The lowest BCUT2D eigenvalue weighted by molar-refractivity contribution is -0.485. The van der Waals surface area contributed by atoms with E-state index in [2.05, 4.69) is 20.7 Å². The van der Waals surface area contributed by atoms with Gasteiger partial charge < -0.3 is 4.74 Å². The predicted molar refractivity (Wildman–Crippen MR) is 62.5 cm³/mol. The van der Waals surface area contributed by atoms with E-state index in [0.29, 0.717) is 14.0 Å². The van der Waals surface area contributed by atoms with Gasteiger partial charge in [-0.2, -0.15) is 43.9 Å². The lowest BCUT2D eigenvalue weighted by Crippen LogP contribution is -2.84. The molecule has 0 bridgehead atoms. The molecular formula is C11H8BrF11O2. The molecule has 1 aliphatic carbocycles. The molecule has 1 aliphatic rings. The first-order valence-electron chi connectivity index (χ1n) is 6.04. The van der Waals surface area contributed by atoms with Crippen molar-refractivity contribution in [1.82, 2.24) is 0 Å². The molecule has 0 radical (unpaired) electrons. The summed E-state index contributed by atoms with van der Waals surface area (Å²) in [4.78, 5) is 11.3. The molecule has 148 valence electrons. The second-order valence-electron chi connectivity index (χ2n) is 5.54. The number of carbonyl (C=O) groups is 1. The Kier molecular flexibility index (Phi) is 4.75. The zero-order valence-electron chi connectivity index (χ0n) is 12.1. The number of alkyl halides is 12. The van der Waals surface area contributed by atoms with Gasteiger partial charge in [-0.05, 0) is 6.92 Å². The van der Waals surface area contributed by atoms with Crippen molar-refractivity contribution in [3.05, 3.63) is 0 Å². The van der Waals surface area contributed by atoms with Gasteiger partial charge >= 0.3 is 35.6 Å². The summed E-state index contributed by atoms with van der Waals surface area (Å²) in [6.07, 6.45) is -2.73. The molecule has 1 atom stereocenters. The summed E-state index contributed by atoms with van der Waals surface area (Å²) < 4.78 is 149. The zero-order valence-corrected chi connectivity index (χ0v) is 13.6. The molecule has 0 aromatic heterocycles. The minimum Gasteiger partial charge on any atom is -0.468 e. The van der Waals surface area contributed by atoms with Crippen LogP contribution in [0.4, 0.5) is 48.3 Å². The molecule has 1 saturated carbocycles. The average Bonchev–Trinajstić information content (AvgIpc) is 2.43. The van der Waals surface area contributed by atoms with Gasteiger partial charge in [-0.15, -0.1) is 0 Å². The van der Waals surface area contributed by atoms with Crippen molar-refractivity contribution in [3.63, 3.8) is 0 Å². The third-order valence-electron chi connectivity index (χ3n) is 3.76. The van der Waals surface area contributed by atoms with Gasteiger partial charge in [-0.3, -0.25) is 4.79 Å². The maximum absolute atomic E-state index is 14.4. The van der Waals surface area contributed by atoms with Gasteiger partial charge in [0.1, 0.15) is 4.32 Å². The monoisotopic (exact) mass is 460 g/mol. The Bertz CT molecular complexity index is 542. The molecular weight excluding hydrogens is 453 g/mol. The van der Waals surface area contributed by atoms with Crippen LogP contribution in [0.5, 0.6) is 0 Å². The quantitative estimate of drug-likeness (QED) is 0.349. The summed E-state index contributed by atoms with van der Waals surface area (Å²) in [5.41, 5.74) is -6.24. The van der Waals surface area contributed by atoms with E-state index in [1.54, 1.807) is 0 Å². The summed E-state index contributed by atoms with van der Waals surface area (Å²) in [5.74, 6) is -37.4. The Hall–Kier alpha value is -0.820. The van der Waals surface area contributed by atoms with Crippen LogP contribution in [-0.2, 0) is 9.53 Å². The average molecular weight is 461 g/mol. The first-order chi connectivity index (χ1) is 10.7. The number of halogens is 12. The van der Waals surface area contributed by atoms with Crippen LogP contribution in [0.1, 0.15) is 13.3 Å². The van der Waals surface area contributed by atoms with Gasteiger partial charge in [-0.1, -0.05) is 15.9 Å². The van der Waals surface area contributed by atoms with Crippen molar-refractivity contribution >= 4 is 21.9 Å². The van der Waals surface area contributed by atoms with Gasteiger partial charge in [0.15, 0.2) is 0 Å². The van der Waals surface area contributed by atoms with Crippen molar-refractivity contribution < 1.29 is 57.8 Å². The SMILES string of the molecule is COC(=O)C(C)(Br)CC1(F)C(F)(F)C(F)(F)C(F)(F)C(F)(F)C1(F)F. The Morgan fingerprint density at radius 1 is 0.800 bits per heavy atom. The number of rotatable bonds is 3. The van der Waals surface area contributed by atoms with Gasteiger partial charge in [0.2, 0.25) is 0 Å². The predicted octanol–water partition coefficient (Wildman–Crippen LogP) is 4.60. The molecule has 0 amide bonds. The topological polar surface area (TPSA) is 26.3 Å². The van der Waals surface area contributed by atoms with Crippen LogP contribution in [0.2, 0.25) is 0 Å².